The largest absolute Gasteiger partial charge is 0.289 e. The van der Waals surface area contributed by atoms with Crippen molar-refractivity contribution in [2.75, 3.05) is 0 Å². The van der Waals surface area contributed by atoms with E-state index in [1.54, 1.807) is 49.4 Å². The van der Waals surface area contributed by atoms with Crippen LogP contribution in [-0.4, -0.2) is 23.1 Å². The standard InChI is InChI=1S/C22H14O4/c1-11-6-5-9-15-18(11)20(24)12(2)19(22(15)26)16-10-17(23)13-7-3-4-8-14(13)21(16)25/h3-10H,1-2H3. The molecule has 4 rings (SSSR count). The van der Waals surface area contributed by atoms with Crippen LogP contribution in [0.15, 0.2) is 65.3 Å². The first kappa shape index (κ1) is 16.1. The Kier molecular flexibility index (Phi) is 3.44. The van der Waals surface area contributed by atoms with Gasteiger partial charge >= 0.3 is 0 Å². The maximum atomic E-state index is 13.1. The fourth-order valence-corrected chi connectivity index (χ4v) is 3.59. The van der Waals surface area contributed by atoms with E-state index in [-0.39, 0.29) is 39.4 Å². The van der Waals surface area contributed by atoms with Crippen LogP contribution in [0.2, 0.25) is 0 Å². The average Bonchev–Trinajstić information content (AvgIpc) is 2.64. The summed E-state index contributed by atoms with van der Waals surface area (Å²) in [6.45, 7) is 3.30. The van der Waals surface area contributed by atoms with Crippen LogP contribution in [0, 0.1) is 6.92 Å². The van der Waals surface area contributed by atoms with Gasteiger partial charge in [-0.05, 0) is 25.5 Å². The minimum absolute atomic E-state index is 0.00305. The zero-order chi connectivity index (χ0) is 18.6. The first-order chi connectivity index (χ1) is 12.4. The molecule has 0 N–H and O–H groups in total. The van der Waals surface area contributed by atoms with Gasteiger partial charge < -0.3 is 0 Å². The summed E-state index contributed by atoms with van der Waals surface area (Å²) >= 11 is 0. The van der Waals surface area contributed by atoms with E-state index < -0.39 is 11.6 Å². The van der Waals surface area contributed by atoms with Crippen molar-refractivity contribution < 1.29 is 19.2 Å². The number of hydrogen-bond donors (Lipinski definition) is 0. The molecule has 0 amide bonds. The van der Waals surface area contributed by atoms with Crippen LogP contribution in [0.4, 0.5) is 0 Å². The minimum Gasteiger partial charge on any atom is -0.289 e. The highest BCUT2D eigenvalue weighted by molar-refractivity contribution is 6.36. The van der Waals surface area contributed by atoms with Crippen molar-refractivity contribution in [3.05, 3.63) is 93.1 Å². The number of benzene rings is 2. The molecule has 0 radical (unpaired) electrons. The quantitative estimate of drug-likeness (QED) is 0.792. The molecule has 0 aromatic heterocycles. The highest BCUT2D eigenvalue weighted by atomic mass is 16.1. The Hall–Kier alpha value is -3.40. The fraction of sp³-hybridized carbons (Fsp3) is 0.0909. The van der Waals surface area contributed by atoms with E-state index in [1.807, 2.05) is 0 Å². The van der Waals surface area contributed by atoms with E-state index >= 15 is 0 Å². The molecule has 126 valence electrons. The van der Waals surface area contributed by atoms with Crippen LogP contribution in [-0.2, 0) is 0 Å². The van der Waals surface area contributed by atoms with Crippen LogP contribution >= 0.6 is 0 Å². The van der Waals surface area contributed by atoms with E-state index in [4.69, 9.17) is 0 Å². The zero-order valence-corrected chi connectivity index (χ0v) is 14.3. The molecule has 26 heavy (non-hydrogen) atoms. The minimum atomic E-state index is -0.410. The van der Waals surface area contributed by atoms with Crippen molar-refractivity contribution in [2.45, 2.75) is 13.8 Å². The average molecular weight is 342 g/mol. The van der Waals surface area contributed by atoms with Crippen molar-refractivity contribution >= 4 is 23.1 Å². The van der Waals surface area contributed by atoms with Crippen molar-refractivity contribution in [2.24, 2.45) is 0 Å². The molecule has 0 atom stereocenters. The van der Waals surface area contributed by atoms with Gasteiger partial charge in [-0.25, -0.2) is 0 Å². The highest BCUT2D eigenvalue weighted by Crippen LogP contribution is 2.35. The second-order valence-corrected chi connectivity index (χ2v) is 6.45. The van der Waals surface area contributed by atoms with Gasteiger partial charge in [0.05, 0.1) is 0 Å². The summed E-state index contributed by atoms with van der Waals surface area (Å²) in [5, 5.41) is 0. The molecule has 0 spiro atoms. The van der Waals surface area contributed by atoms with E-state index in [1.165, 1.54) is 13.0 Å². The van der Waals surface area contributed by atoms with Crippen LogP contribution in [0.3, 0.4) is 0 Å². The number of ketones is 4. The molecule has 0 fully saturated rings. The maximum absolute atomic E-state index is 13.1. The molecular formula is C22H14O4. The Morgan fingerprint density at radius 1 is 0.654 bits per heavy atom. The van der Waals surface area contributed by atoms with E-state index in [0.29, 0.717) is 16.7 Å². The first-order valence-corrected chi connectivity index (χ1v) is 8.22. The summed E-state index contributed by atoms with van der Waals surface area (Å²) in [5.74, 6) is -1.43. The van der Waals surface area contributed by atoms with Gasteiger partial charge in [-0.2, -0.15) is 0 Å². The van der Waals surface area contributed by atoms with Crippen LogP contribution in [0.1, 0.15) is 53.9 Å². The van der Waals surface area contributed by atoms with Crippen molar-refractivity contribution in [1.82, 2.24) is 0 Å². The number of Topliss-reactive ketones (excluding diaryl/α,β-unsaturated/α-hetero) is 3. The van der Waals surface area contributed by atoms with Gasteiger partial charge in [-0.1, -0.05) is 42.5 Å². The van der Waals surface area contributed by atoms with E-state index in [2.05, 4.69) is 0 Å². The zero-order valence-electron chi connectivity index (χ0n) is 14.3. The van der Waals surface area contributed by atoms with Gasteiger partial charge in [-0.3, -0.25) is 19.2 Å². The SMILES string of the molecule is CC1=C(C2=CC(=O)c3ccccc3C2=O)C(=O)c2cccc(C)c2C1=O. The number of allylic oxidation sites excluding steroid dienone is 4. The third-order valence-corrected chi connectivity index (χ3v) is 4.91. The summed E-state index contributed by atoms with van der Waals surface area (Å²) in [6, 6.07) is 11.5. The second kappa shape index (κ2) is 5.56. The highest BCUT2D eigenvalue weighted by Gasteiger charge is 2.37. The summed E-state index contributed by atoms with van der Waals surface area (Å²) in [7, 11) is 0. The third kappa shape index (κ3) is 2.09. The molecule has 0 heterocycles. The second-order valence-electron chi connectivity index (χ2n) is 6.45. The summed E-state index contributed by atoms with van der Waals surface area (Å²) < 4.78 is 0. The third-order valence-electron chi connectivity index (χ3n) is 4.91. The number of rotatable bonds is 1. The molecule has 0 bridgehead atoms. The molecule has 2 aliphatic rings. The van der Waals surface area contributed by atoms with Gasteiger partial charge in [0.25, 0.3) is 0 Å². The smallest absolute Gasteiger partial charge is 0.194 e. The van der Waals surface area contributed by atoms with E-state index in [9.17, 15) is 19.2 Å². The van der Waals surface area contributed by atoms with Gasteiger partial charge in [0, 0.05) is 39.0 Å². The Balaban J connectivity index is 1.93. The molecule has 4 heteroatoms. The molecule has 4 nitrogen and oxygen atoms in total. The van der Waals surface area contributed by atoms with Gasteiger partial charge in [0.15, 0.2) is 23.1 Å². The van der Waals surface area contributed by atoms with Crippen LogP contribution < -0.4 is 0 Å². The van der Waals surface area contributed by atoms with Crippen LogP contribution in [0.25, 0.3) is 0 Å². The number of aryl methyl sites for hydroxylation is 1. The summed E-state index contributed by atoms with van der Waals surface area (Å²) in [4.78, 5) is 51.3. The normalized spacial score (nSPS) is 16.5. The molecule has 2 aromatic carbocycles. The molecule has 2 aliphatic carbocycles. The lowest BCUT2D eigenvalue weighted by molar-refractivity contribution is 0.0957. The summed E-state index contributed by atoms with van der Waals surface area (Å²) in [5.41, 5.74) is 2.15. The topological polar surface area (TPSA) is 68.3 Å². The predicted molar refractivity (Wildman–Crippen MR) is 95.7 cm³/mol. The van der Waals surface area contributed by atoms with Crippen molar-refractivity contribution in [3.8, 4) is 0 Å². The number of fused-ring (bicyclic) bond motifs is 2. The van der Waals surface area contributed by atoms with E-state index in [0.717, 1.165) is 0 Å². The first-order valence-electron chi connectivity index (χ1n) is 8.22. The number of hydrogen-bond acceptors (Lipinski definition) is 4. The lowest BCUT2D eigenvalue weighted by Crippen LogP contribution is -2.27. The van der Waals surface area contributed by atoms with Gasteiger partial charge in [-0.15, -0.1) is 0 Å². The predicted octanol–water partition coefficient (Wildman–Crippen LogP) is 3.70. The molecular weight excluding hydrogens is 328 g/mol. The molecule has 0 saturated carbocycles. The van der Waals surface area contributed by atoms with Gasteiger partial charge in [0.1, 0.15) is 0 Å². The lowest BCUT2D eigenvalue weighted by Gasteiger charge is -2.23. The molecule has 0 aliphatic heterocycles. The van der Waals surface area contributed by atoms with Gasteiger partial charge in [0.2, 0.25) is 0 Å². The number of carbonyl (C=O) groups is 4. The van der Waals surface area contributed by atoms with Crippen LogP contribution in [0.5, 0.6) is 0 Å². The van der Waals surface area contributed by atoms with Crippen molar-refractivity contribution in [3.63, 3.8) is 0 Å². The summed E-state index contributed by atoms with van der Waals surface area (Å²) in [6.07, 6.45) is 1.18. The monoisotopic (exact) mass is 342 g/mol. The van der Waals surface area contributed by atoms with Crippen molar-refractivity contribution in [1.29, 1.82) is 0 Å². The lowest BCUT2D eigenvalue weighted by atomic mass is 9.76. The fourth-order valence-electron chi connectivity index (χ4n) is 3.59. The molecule has 0 unspecified atom stereocenters. The Labute approximate surface area is 149 Å². The Morgan fingerprint density at radius 3 is 2.04 bits per heavy atom. The maximum Gasteiger partial charge on any atom is 0.194 e. The Morgan fingerprint density at radius 2 is 1.31 bits per heavy atom. The molecule has 0 saturated heterocycles. The number of carbonyl (C=O) groups excluding carboxylic acids is 4. The molecule has 2 aromatic rings. The Bertz CT molecular complexity index is 1110.